The monoisotopic (exact) mass is 495 g/mol. The number of unbranched alkanes of at least 4 members (excludes halogenated alkanes) is 11. The van der Waals surface area contributed by atoms with Gasteiger partial charge in [-0.3, -0.25) is 18.6 Å². The molecule has 196 valence electrons. The lowest BCUT2D eigenvalue weighted by atomic mass is 10.0. The van der Waals surface area contributed by atoms with E-state index in [1.165, 1.54) is 57.8 Å². The molecule has 0 aromatic heterocycles. The number of hydrogen-bond donors (Lipinski definition) is 3. The molecule has 3 N–H and O–H groups in total. The van der Waals surface area contributed by atoms with Gasteiger partial charge in [-0.15, -0.1) is 0 Å². The summed E-state index contributed by atoms with van der Waals surface area (Å²) in [5.41, 5.74) is 0. The molecule has 0 saturated carbocycles. The van der Waals surface area contributed by atoms with Gasteiger partial charge in [-0.05, 0) is 6.42 Å². The number of amides is 1. The van der Waals surface area contributed by atoms with E-state index in [1.807, 2.05) is 0 Å². The molecular weight excluding hydrogens is 449 g/mol. The average Bonchev–Trinajstić information content (AvgIpc) is 2.79. The van der Waals surface area contributed by atoms with E-state index < -0.39 is 26.5 Å². The number of rotatable bonds is 23. The van der Waals surface area contributed by atoms with Gasteiger partial charge in [-0.25, -0.2) is 4.57 Å². The Hall–Kier alpha value is -0.990. The zero-order valence-corrected chi connectivity index (χ0v) is 21.5. The van der Waals surface area contributed by atoms with Crippen molar-refractivity contribution in [2.45, 2.75) is 110 Å². The SMILES string of the molecule is CCCCCCCCCCCCCCC(=O)OCC(O)COP(=O)(O)OCCNC(=O)CC. The molecule has 0 rings (SSSR count). The first-order valence-corrected chi connectivity index (χ1v) is 14.0. The summed E-state index contributed by atoms with van der Waals surface area (Å²) in [6, 6.07) is 0. The minimum absolute atomic E-state index is 0.0693. The summed E-state index contributed by atoms with van der Waals surface area (Å²) in [5.74, 6) is -0.607. The topological polar surface area (TPSA) is 131 Å². The predicted octanol–water partition coefficient (Wildman–Crippen LogP) is 4.64. The quantitative estimate of drug-likeness (QED) is 0.106. The zero-order chi connectivity index (χ0) is 24.8. The van der Waals surface area contributed by atoms with Crippen LogP contribution in [0.1, 0.15) is 104 Å². The number of phosphoric acid groups is 1. The predicted molar refractivity (Wildman–Crippen MR) is 128 cm³/mol. The second-order valence-electron chi connectivity index (χ2n) is 8.28. The van der Waals surface area contributed by atoms with Gasteiger partial charge in [0.2, 0.25) is 5.91 Å². The van der Waals surface area contributed by atoms with Crippen LogP contribution in [0.2, 0.25) is 0 Å². The summed E-state index contributed by atoms with van der Waals surface area (Å²) in [7, 11) is -4.36. The fourth-order valence-electron chi connectivity index (χ4n) is 3.11. The van der Waals surface area contributed by atoms with Gasteiger partial charge in [0.1, 0.15) is 12.7 Å². The van der Waals surface area contributed by atoms with Crippen LogP contribution in [-0.4, -0.2) is 54.3 Å². The van der Waals surface area contributed by atoms with E-state index in [1.54, 1.807) is 6.92 Å². The van der Waals surface area contributed by atoms with Gasteiger partial charge in [-0.1, -0.05) is 84.5 Å². The Kier molecular flexibility index (Phi) is 20.9. The average molecular weight is 496 g/mol. The lowest BCUT2D eigenvalue weighted by Crippen LogP contribution is -2.26. The van der Waals surface area contributed by atoms with E-state index in [4.69, 9.17) is 4.74 Å². The number of carbonyl (C=O) groups is 2. The highest BCUT2D eigenvalue weighted by molar-refractivity contribution is 7.47. The highest BCUT2D eigenvalue weighted by atomic mass is 31.2. The molecule has 0 radical (unpaired) electrons. The van der Waals surface area contributed by atoms with E-state index in [0.29, 0.717) is 6.42 Å². The molecule has 0 aliphatic rings. The second kappa shape index (κ2) is 21.5. The van der Waals surface area contributed by atoms with Crippen LogP contribution in [0.3, 0.4) is 0 Å². The van der Waals surface area contributed by atoms with Crippen LogP contribution in [-0.2, 0) is 27.9 Å². The lowest BCUT2D eigenvalue weighted by molar-refractivity contribution is -0.147. The number of hydrogen-bond acceptors (Lipinski definition) is 7. The van der Waals surface area contributed by atoms with Crippen molar-refractivity contribution in [2.75, 3.05) is 26.4 Å². The molecule has 0 spiro atoms. The molecule has 0 fully saturated rings. The number of esters is 1. The van der Waals surface area contributed by atoms with Crippen LogP contribution in [0.5, 0.6) is 0 Å². The van der Waals surface area contributed by atoms with E-state index >= 15 is 0 Å². The van der Waals surface area contributed by atoms with Crippen LogP contribution in [0.25, 0.3) is 0 Å². The van der Waals surface area contributed by atoms with Crippen molar-refractivity contribution in [1.82, 2.24) is 5.32 Å². The molecule has 33 heavy (non-hydrogen) atoms. The van der Waals surface area contributed by atoms with Gasteiger partial charge < -0.3 is 20.1 Å². The third-order valence-electron chi connectivity index (χ3n) is 5.10. The Morgan fingerprint density at radius 2 is 1.39 bits per heavy atom. The Bertz CT molecular complexity index is 547. The molecule has 2 atom stereocenters. The number of carbonyl (C=O) groups excluding carboxylic acids is 2. The molecule has 10 heteroatoms. The maximum absolute atomic E-state index is 11.7. The fraction of sp³-hybridized carbons (Fsp3) is 0.913. The number of ether oxygens (including phenoxy) is 1. The van der Waals surface area contributed by atoms with Gasteiger partial charge in [0.05, 0.1) is 13.2 Å². The van der Waals surface area contributed by atoms with Crippen molar-refractivity contribution in [3.8, 4) is 0 Å². The lowest BCUT2D eigenvalue weighted by Gasteiger charge is -2.15. The Labute approximate surface area is 199 Å². The molecule has 0 saturated heterocycles. The van der Waals surface area contributed by atoms with E-state index in [9.17, 15) is 24.2 Å². The molecule has 0 bridgehead atoms. The first-order chi connectivity index (χ1) is 15.8. The minimum Gasteiger partial charge on any atom is -0.463 e. The highest BCUT2D eigenvalue weighted by Gasteiger charge is 2.23. The van der Waals surface area contributed by atoms with Crippen LogP contribution in [0.4, 0.5) is 0 Å². The first kappa shape index (κ1) is 32.0. The Morgan fingerprint density at radius 3 is 1.94 bits per heavy atom. The molecular formula is C23H46NO8P. The molecule has 0 aromatic rings. The largest absolute Gasteiger partial charge is 0.472 e. The molecule has 9 nitrogen and oxygen atoms in total. The summed E-state index contributed by atoms with van der Waals surface area (Å²) < 4.78 is 26.0. The molecule has 0 aliphatic heterocycles. The number of nitrogens with one attached hydrogen (secondary N) is 1. The van der Waals surface area contributed by atoms with Crippen molar-refractivity contribution < 1.29 is 37.9 Å². The van der Waals surface area contributed by atoms with Crippen molar-refractivity contribution in [2.24, 2.45) is 0 Å². The third kappa shape index (κ3) is 22.6. The van der Waals surface area contributed by atoms with Gasteiger partial charge in [0.25, 0.3) is 0 Å². The van der Waals surface area contributed by atoms with Crippen molar-refractivity contribution >= 4 is 19.7 Å². The summed E-state index contributed by atoms with van der Waals surface area (Å²) in [6.07, 6.45) is 13.9. The van der Waals surface area contributed by atoms with Crippen LogP contribution < -0.4 is 5.32 Å². The van der Waals surface area contributed by atoms with Crippen molar-refractivity contribution in [3.05, 3.63) is 0 Å². The van der Waals surface area contributed by atoms with E-state index in [2.05, 4.69) is 21.3 Å². The summed E-state index contributed by atoms with van der Waals surface area (Å²) in [4.78, 5) is 32.3. The highest BCUT2D eigenvalue weighted by Crippen LogP contribution is 2.42. The van der Waals surface area contributed by atoms with E-state index in [0.717, 1.165) is 19.3 Å². The smallest absolute Gasteiger partial charge is 0.463 e. The normalized spacial score (nSPS) is 13.9. The maximum atomic E-state index is 11.7. The molecule has 1 amide bonds. The fourth-order valence-corrected chi connectivity index (χ4v) is 3.87. The summed E-state index contributed by atoms with van der Waals surface area (Å²) >= 11 is 0. The third-order valence-corrected chi connectivity index (χ3v) is 6.09. The van der Waals surface area contributed by atoms with Gasteiger partial charge in [0, 0.05) is 19.4 Å². The minimum atomic E-state index is -4.36. The molecule has 0 heterocycles. The molecule has 0 aromatic carbocycles. The summed E-state index contributed by atoms with van der Waals surface area (Å²) in [5, 5.41) is 12.3. The Morgan fingerprint density at radius 1 is 0.848 bits per heavy atom. The number of phosphoric ester groups is 1. The number of aliphatic hydroxyl groups is 1. The van der Waals surface area contributed by atoms with Crippen LogP contribution in [0, 0.1) is 0 Å². The maximum Gasteiger partial charge on any atom is 0.472 e. The van der Waals surface area contributed by atoms with Crippen LogP contribution in [0.15, 0.2) is 0 Å². The zero-order valence-electron chi connectivity index (χ0n) is 20.6. The first-order valence-electron chi connectivity index (χ1n) is 12.5. The van der Waals surface area contributed by atoms with Gasteiger partial charge in [-0.2, -0.15) is 0 Å². The standard InChI is InChI=1S/C23H46NO8P/c1-3-5-6-7-8-9-10-11-12-13-14-15-16-23(27)30-19-21(25)20-32-33(28,29)31-18-17-24-22(26)4-2/h21,25H,3-20H2,1-2H3,(H,24,26)(H,28,29). The number of aliphatic hydroxyl groups excluding tert-OH is 1. The van der Waals surface area contributed by atoms with E-state index in [-0.39, 0.29) is 32.1 Å². The molecule has 2 unspecified atom stereocenters. The molecule has 0 aliphatic carbocycles. The Balaban J connectivity index is 3.59. The van der Waals surface area contributed by atoms with Crippen molar-refractivity contribution in [1.29, 1.82) is 0 Å². The second-order valence-corrected chi connectivity index (χ2v) is 9.73. The van der Waals surface area contributed by atoms with Gasteiger partial charge in [0.15, 0.2) is 0 Å². The van der Waals surface area contributed by atoms with Crippen LogP contribution >= 0.6 is 7.82 Å². The van der Waals surface area contributed by atoms with Gasteiger partial charge >= 0.3 is 13.8 Å². The summed E-state index contributed by atoms with van der Waals surface area (Å²) in [6.45, 7) is 2.95. The van der Waals surface area contributed by atoms with Crippen molar-refractivity contribution in [3.63, 3.8) is 0 Å².